The summed E-state index contributed by atoms with van der Waals surface area (Å²) in [5, 5.41) is 36.4. The third-order valence-electron chi connectivity index (χ3n) is 1.73. The number of phenols is 3. The van der Waals surface area contributed by atoms with E-state index in [-0.39, 0.29) is 17.9 Å². The Labute approximate surface area is 75.7 Å². The minimum atomic E-state index is -0.602. The van der Waals surface area contributed by atoms with Gasteiger partial charge >= 0.3 is 0 Å². The molecule has 0 fully saturated rings. The second-order valence-electron chi connectivity index (χ2n) is 2.99. The van der Waals surface area contributed by atoms with Crippen LogP contribution in [0.5, 0.6) is 17.2 Å². The molecular formula is C9H12O4. The number of phenolic OH excluding ortho intramolecular Hbond substituents is 3. The van der Waals surface area contributed by atoms with Crippen LogP contribution in [0, 0.1) is 0 Å². The first-order chi connectivity index (χ1) is 6.02. The summed E-state index contributed by atoms with van der Waals surface area (Å²) in [7, 11) is 0. The smallest absolute Gasteiger partial charge is 0.200 e. The summed E-state index contributed by atoms with van der Waals surface area (Å²) in [6.45, 7) is 1.57. The monoisotopic (exact) mass is 184 g/mol. The van der Waals surface area contributed by atoms with Crippen LogP contribution in [-0.2, 0) is 6.42 Å². The maximum Gasteiger partial charge on any atom is 0.200 e. The first kappa shape index (κ1) is 9.67. The number of benzene rings is 1. The Bertz CT molecular complexity index is 307. The lowest BCUT2D eigenvalue weighted by atomic mass is 10.1. The first-order valence-electron chi connectivity index (χ1n) is 3.93. The van der Waals surface area contributed by atoms with Crippen LogP contribution in [0.25, 0.3) is 0 Å². The van der Waals surface area contributed by atoms with Gasteiger partial charge in [0.1, 0.15) is 0 Å². The van der Waals surface area contributed by atoms with Gasteiger partial charge in [-0.05, 0) is 13.0 Å². The van der Waals surface area contributed by atoms with Gasteiger partial charge < -0.3 is 20.4 Å². The number of aliphatic hydroxyl groups is 1. The molecule has 0 aliphatic rings. The van der Waals surface area contributed by atoms with E-state index in [4.69, 9.17) is 15.3 Å². The molecule has 4 heteroatoms. The molecule has 0 aromatic heterocycles. The molecule has 0 spiro atoms. The van der Waals surface area contributed by atoms with Gasteiger partial charge in [0.15, 0.2) is 11.5 Å². The maximum absolute atomic E-state index is 9.31. The van der Waals surface area contributed by atoms with Gasteiger partial charge in [-0.2, -0.15) is 0 Å². The largest absolute Gasteiger partial charge is 0.504 e. The quantitative estimate of drug-likeness (QED) is 0.511. The van der Waals surface area contributed by atoms with E-state index in [1.54, 1.807) is 6.92 Å². The fraction of sp³-hybridized carbons (Fsp3) is 0.333. The second-order valence-corrected chi connectivity index (χ2v) is 2.99. The highest BCUT2D eigenvalue weighted by Crippen LogP contribution is 2.37. The molecule has 0 unspecified atom stereocenters. The van der Waals surface area contributed by atoms with Gasteiger partial charge in [0.25, 0.3) is 0 Å². The molecule has 0 heterocycles. The standard InChI is InChI=1S/C9H12O4/c1-5(10)4-6-2-3-7(11)9(13)8(6)12/h2-3,5,10-13H,4H2,1H3/t5-/m0/s1. The Morgan fingerprint density at radius 1 is 1.15 bits per heavy atom. The predicted octanol–water partition coefficient (Wildman–Crippen LogP) is 0.727. The fourth-order valence-corrected chi connectivity index (χ4v) is 1.09. The topological polar surface area (TPSA) is 80.9 Å². The molecule has 1 rings (SSSR count). The van der Waals surface area contributed by atoms with Gasteiger partial charge in [0.2, 0.25) is 5.75 Å². The molecule has 0 aliphatic heterocycles. The molecule has 4 N–H and O–H groups in total. The molecule has 0 radical (unpaired) electrons. The highest BCUT2D eigenvalue weighted by Gasteiger charge is 2.11. The Hall–Kier alpha value is -1.42. The lowest BCUT2D eigenvalue weighted by Gasteiger charge is -2.08. The summed E-state index contributed by atoms with van der Waals surface area (Å²) in [6.07, 6.45) is -0.366. The van der Waals surface area contributed by atoms with Crippen molar-refractivity contribution in [2.24, 2.45) is 0 Å². The van der Waals surface area contributed by atoms with Crippen LogP contribution >= 0.6 is 0 Å². The Morgan fingerprint density at radius 3 is 2.31 bits per heavy atom. The van der Waals surface area contributed by atoms with Gasteiger partial charge in [-0.25, -0.2) is 0 Å². The Kier molecular flexibility index (Phi) is 2.63. The minimum absolute atomic E-state index is 0.236. The second kappa shape index (κ2) is 3.53. The van der Waals surface area contributed by atoms with Crippen LogP contribution in [-0.4, -0.2) is 26.5 Å². The molecule has 0 amide bonds. The fourth-order valence-electron chi connectivity index (χ4n) is 1.09. The van der Waals surface area contributed by atoms with E-state index < -0.39 is 11.9 Å². The summed E-state index contributed by atoms with van der Waals surface area (Å²) in [5.41, 5.74) is 0.408. The van der Waals surface area contributed by atoms with Crippen LogP contribution < -0.4 is 0 Å². The lowest BCUT2D eigenvalue weighted by molar-refractivity contribution is 0.194. The Balaban J connectivity index is 3.04. The lowest BCUT2D eigenvalue weighted by Crippen LogP contribution is -2.04. The van der Waals surface area contributed by atoms with Crippen molar-refractivity contribution in [2.75, 3.05) is 0 Å². The molecule has 4 nitrogen and oxygen atoms in total. The number of aromatic hydroxyl groups is 3. The molecule has 1 aromatic carbocycles. The van der Waals surface area contributed by atoms with Crippen molar-refractivity contribution in [3.63, 3.8) is 0 Å². The van der Waals surface area contributed by atoms with Crippen LogP contribution in [0.1, 0.15) is 12.5 Å². The van der Waals surface area contributed by atoms with Crippen LogP contribution in [0.15, 0.2) is 12.1 Å². The molecule has 1 aromatic rings. The van der Waals surface area contributed by atoms with Crippen molar-refractivity contribution in [3.8, 4) is 17.2 Å². The Morgan fingerprint density at radius 2 is 1.77 bits per heavy atom. The molecular weight excluding hydrogens is 172 g/mol. The summed E-state index contributed by atoms with van der Waals surface area (Å²) in [5.74, 6) is -1.29. The van der Waals surface area contributed by atoms with Gasteiger partial charge in [-0.1, -0.05) is 6.07 Å². The van der Waals surface area contributed by atoms with E-state index in [2.05, 4.69) is 0 Å². The van der Waals surface area contributed by atoms with E-state index >= 15 is 0 Å². The normalized spacial score (nSPS) is 12.8. The maximum atomic E-state index is 9.31. The third kappa shape index (κ3) is 2.03. The molecule has 0 saturated heterocycles. The zero-order valence-electron chi connectivity index (χ0n) is 7.23. The molecule has 1 atom stereocenters. The summed E-state index contributed by atoms with van der Waals surface area (Å²) < 4.78 is 0. The van der Waals surface area contributed by atoms with Gasteiger partial charge in [0, 0.05) is 12.0 Å². The van der Waals surface area contributed by atoms with Gasteiger partial charge in [0.05, 0.1) is 6.10 Å². The molecule has 0 saturated carbocycles. The molecule has 0 bridgehead atoms. The average molecular weight is 184 g/mol. The van der Waals surface area contributed by atoms with Crippen LogP contribution in [0.3, 0.4) is 0 Å². The van der Waals surface area contributed by atoms with Crippen molar-refractivity contribution < 1.29 is 20.4 Å². The zero-order chi connectivity index (χ0) is 10.0. The van der Waals surface area contributed by atoms with E-state index in [0.29, 0.717) is 5.56 Å². The minimum Gasteiger partial charge on any atom is -0.504 e. The van der Waals surface area contributed by atoms with E-state index in [9.17, 15) is 5.11 Å². The summed E-state index contributed by atoms with van der Waals surface area (Å²) in [6, 6.07) is 2.73. The number of rotatable bonds is 2. The highest BCUT2D eigenvalue weighted by molar-refractivity contribution is 5.53. The van der Waals surface area contributed by atoms with E-state index in [0.717, 1.165) is 0 Å². The highest BCUT2D eigenvalue weighted by atomic mass is 16.3. The first-order valence-corrected chi connectivity index (χ1v) is 3.93. The summed E-state index contributed by atoms with van der Waals surface area (Å²) >= 11 is 0. The third-order valence-corrected chi connectivity index (χ3v) is 1.73. The van der Waals surface area contributed by atoms with Crippen molar-refractivity contribution in [1.82, 2.24) is 0 Å². The van der Waals surface area contributed by atoms with E-state index in [1.807, 2.05) is 0 Å². The number of aliphatic hydroxyl groups excluding tert-OH is 1. The zero-order valence-corrected chi connectivity index (χ0v) is 7.23. The van der Waals surface area contributed by atoms with E-state index in [1.165, 1.54) is 12.1 Å². The van der Waals surface area contributed by atoms with Crippen molar-refractivity contribution in [2.45, 2.75) is 19.4 Å². The molecule has 0 aliphatic carbocycles. The van der Waals surface area contributed by atoms with Crippen molar-refractivity contribution in [1.29, 1.82) is 0 Å². The number of hydrogen-bond acceptors (Lipinski definition) is 4. The summed E-state index contributed by atoms with van der Waals surface area (Å²) in [4.78, 5) is 0. The molecule has 13 heavy (non-hydrogen) atoms. The predicted molar refractivity (Wildman–Crippen MR) is 46.8 cm³/mol. The molecule has 72 valence electrons. The van der Waals surface area contributed by atoms with Crippen LogP contribution in [0.4, 0.5) is 0 Å². The van der Waals surface area contributed by atoms with Crippen molar-refractivity contribution in [3.05, 3.63) is 17.7 Å². The van der Waals surface area contributed by atoms with Crippen LogP contribution in [0.2, 0.25) is 0 Å². The van der Waals surface area contributed by atoms with Gasteiger partial charge in [-0.15, -0.1) is 0 Å². The van der Waals surface area contributed by atoms with Crippen molar-refractivity contribution >= 4 is 0 Å². The number of hydrogen-bond donors (Lipinski definition) is 4. The average Bonchev–Trinajstić information content (AvgIpc) is 2.06. The SMILES string of the molecule is C[C@H](O)Cc1ccc(O)c(O)c1O. The van der Waals surface area contributed by atoms with Gasteiger partial charge in [-0.3, -0.25) is 0 Å².